The summed E-state index contributed by atoms with van der Waals surface area (Å²) in [4.78, 5) is 0. The number of hydrogen-bond donors (Lipinski definition) is 1. The molecule has 1 saturated heterocycles. The molecule has 1 N–H and O–H groups in total. The molecule has 0 radical (unpaired) electrons. The van der Waals surface area contributed by atoms with Crippen LogP contribution in [0.2, 0.25) is 0 Å². The van der Waals surface area contributed by atoms with E-state index in [1.807, 2.05) is 0 Å². The standard InChI is InChI=1S/C11H13F2N3/c12-11(13)16-8-10(7-15-16)2-1-9-3-5-14-6-4-9/h7-9,11,14H,3-6H2. The van der Waals surface area contributed by atoms with E-state index in [1.165, 1.54) is 12.4 Å². The van der Waals surface area contributed by atoms with Gasteiger partial charge in [0.25, 0.3) is 0 Å². The van der Waals surface area contributed by atoms with Crippen LogP contribution in [0.5, 0.6) is 0 Å². The van der Waals surface area contributed by atoms with E-state index in [0.29, 0.717) is 16.2 Å². The van der Waals surface area contributed by atoms with E-state index in [1.54, 1.807) is 0 Å². The molecule has 16 heavy (non-hydrogen) atoms. The average Bonchev–Trinajstić information content (AvgIpc) is 2.76. The van der Waals surface area contributed by atoms with Gasteiger partial charge in [-0.2, -0.15) is 13.9 Å². The third-order valence-electron chi connectivity index (χ3n) is 2.56. The molecule has 0 aliphatic carbocycles. The van der Waals surface area contributed by atoms with E-state index in [-0.39, 0.29) is 0 Å². The summed E-state index contributed by atoms with van der Waals surface area (Å²) in [6.07, 6.45) is 4.70. The predicted octanol–water partition coefficient (Wildman–Crippen LogP) is 1.63. The van der Waals surface area contributed by atoms with Crippen molar-refractivity contribution in [3.8, 4) is 11.8 Å². The monoisotopic (exact) mass is 225 g/mol. The molecule has 1 aromatic rings. The molecule has 0 amide bonds. The molecule has 0 saturated carbocycles. The van der Waals surface area contributed by atoms with Crippen LogP contribution in [0.3, 0.4) is 0 Å². The van der Waals surface area contributed by atoms with Crippen LogP contribution in [-0.2, 0) is 0 Å². The van der Waals surface area contributed by atoms with Crippen molar-refractivity contribution in [3.05, 3.63) is 18.0 Å². The number of alkyl halides is 2. The van der Waals surface area contributed by atoms with Gasteiger partial charge in [-0.3, -0.25) is 0 Å². The van der Waals surface area contributed by atoms with Gasteiger partial charge in [0.15, 0.2) is 0 Å². The Kier molecular flexibility index (Phi) is 3.52. The van der Waals surface area contributed by atoms with Gasteiger partial charge in [-0.15, -0.1) is 0 Å². The van der Waals surface area contributed by atoms with Gasteiger partial charge in [-0.05, 0) is 25.9 Å². The first-order chi connectivity index (χ1) is 7.75. The third kappa shape index (κ3) is 2.80. The molecule has 86 valence electrons. The molecular weight excluding hydrogens is 212 g/mol. The SMILES string of the molecule is FC(F)n1cc(C#CC2CCNCC2)cn1. The fraction of sp³-hybridized carbons (Fsp3) is 0.545. The summed E-state index contributed by atoms with van der Waals surface area (Å²) >= 11 is 0. The van der Waals surface area contributed by atoms with E-state index in [9.17, 15) is 8.78 Å². The van der Waals surface area contributed by atoms with Gasteiger partial charge in [-0.1, -0.05) is 11.8 Å². The van der Waals surface area contributed by atoms with E-state index in [0.717, 1.165) is 25.9 Å². The highest BCUT2D eigenvalue weighted by Gasteiger charge is 2.10. The van der Waals surface area contributed by atoms with Crippen LogP contribution in [0.1, 0.15) is 25.0 Å². The molecule has 0 aromatic carbocycles. The number of piperidine rings is 1. The summed E-state index contributed by atoms with van der Waals surface area (Å²) in [5.41, 5.74) is 0.554. The fourth-order valence-electron chi connectivity index (χ4n) is 1.66. The van der Waals surface area contributed by atoms with Crippen LogP contribution in [-0.4, -0.2) is 22.9 Å². The highest BCUT2D eigenvalue weighted by Crippen LogP contribution is 2.11. The van der Waals surface area contributed by atoms with Gasteiger partial charge in [0.05, 0.1) is 11.8 Å². The van der Waals surface area contributed by atoms with Gasteiger partial charge in [-0.25, -0.2) is 4.68 Å². The molecule has 2 heterocycles. The normalized spacial score (nSPS) is 17.2. The predicted molar refractivity (Wildman–Crippen MR) is 56.0 cm³/mol. The lowest BCUT2D eigenvalue weighted by Gasteiger charge is -2.17. The van der Waals surface area contributed by atoms with Gasteiger partial charge in [0, 0.05) is 12.1 Å². The van der Waals surface area contributed by atoms with E-state index in [4.69, 9.17) is 0 Å². The summed E-state index contributed by atoms with van der Waals surface area (Å²) < 4.78 is 25.1. The summed E-state index contributed by atoms with van der Waals surface area (Å²) in [6, 6.07) is 0. The number of nitrogens with one attached hydrogen (secondary N) is 1. The molecule has 0 bridgehead atoms. The van der Waals surface area contributed by atoms with Crippen molar-refractivity contribution in [2.75, 3.05) is 13.1 Å². The Labute approximate surface area is 92.8 Å². The Morgan fingerprint density at radius 2 is 2.19 bits per heavy atom. The molecular formula is C11H13F2N3. The maximum atomic E-state index is 12.2. The maximum Gasteiger partial charge on any atom is 0.333 e. The highest BCUT2D eigenvalue weighted by atomic mass is 19.3. The Bertz CT molecular complexity index is 397. The van der Waals surface area contributed by atoms with Crippen LogP contribution in [0, 0.1) is 17.8 Å². The second kappa shape index (κ2) is 5.08. The lowest BCUT2D eigenvalue weighted by Crippen LogP contribution is -2.26. The van der Waals surface area contributed by atoms with Crippen molar-refractivity contribution in [3.63, 3.8) is 0 Å². The number of aromatic nitrogens is 2. The van der Waals surface area contributed by atoms with Crippen molar-refractivity contribution < 1.29 is 8.78 Å². The Morgan fingerprint density at radius 1 is 1.44 bits per heavy atom. The largest absolute Gasteiger partial charge is 0.333 e. The molecule has 5 heteroatoms. The molecule has 2 rings (SSSR count). The minimum atomic E-state index is -2.59. The number of rotatable bonds is 1. The zero-order valence-corrected chi connectivity index (χ0v) is 8.79. The summed E-state index contributed by atoms with van der Waals surface area (Å²) in [6.45, 7) is -0.625. The van der Waals surface area contributed by atoms with E-state index >= 15 is 0 Å². The highest BCUT2D eigenvalue weighted by molar-refractivity contribution is 5.30. The van der Waals surface area contributed by atoms with Crippen LogP contribution in [0.15, 0.2) is 12.4 Å². The molecule has 1 aliphatic heterocycles. The third-order valence-corrected chi connectivity index (χ3v) is 2.56. The maximum absolute atomic E-state index is 12.2. The van der Waals surface area contributed by atoms with Crippen LogP contribution in [0.25, 0.3) is 0 Å². The Morgan fingerprint density at radius 3 is 2.81 bits per heavy atom. The average molecular weight is 225 g/mol. The van der Waals surface area contributed by atoms with Crippen molar-refractivity contribution in [2.45, 2.75) is 19.4 Å². The summed E-state index contributed by atoms with van der Waals surface area (Å²) in [5.74, 6) is 6.37. The van der Waals surface area contributed by atoms with Crippen LogP contribution in [0.4, 0.5) is 8.78 Å². The molecule has 1 aromatic heterocycles. The first-order valence-corrected chi connectivity index (χ1v) is 5.30. The zero-order chi connectivity index (χ0) is 11.4. The summed E-state index contributed by atoms with van der Waals surface area (Å²) in [7, 11) is 0. The van der Waals surface area contributed by atoms with Crippen molar-refractivity contribution >= 4 is 0 Å². The lowest BCUT2D eigenvalue weighted by atomic mass is 9.99. The van der Waals surface area contributed by atoms with E-state index < -0.39 is 6.55 Å². The van der Waals surface area contributed by atoms with E-state index in [2.05, 4.69) is 22.3 Å². The van der Waals surface area contributed by atoms with Gasteiger partial charge < -0.3 is 5.32 Å². The minimum absolute atomic E-state index is 0.371. The Balaban J connectivity index is 1.99. The number of halogens is 2. The zero-order valence-electron chi connectivity index (χ0n) is 8.79. The molecule has 0 unspecified atom stereocenters. The smallest absolute Gasteiger partial charge is 0.317 e. The lowest BCUT2D eigenvalue weighted by molar-refractivity contribution is 0.0566. The Hall–Kier alpha value is -1.41. The summed E-state index contributed by atoms with van der Waals surface area (Å²) in [5, 5.41) is 6.78. The van der Waals surface area contributed by atoms with Crippen LogP contribution >= 0.6 is 0 Å². The molecule has 1 aliphatic rings. The second-order valence-electron chi connectivity index (χ2n) is 3.78. The van der Waals surface area contributed by atoms with Crippen molar-refractivity contribution in [2.24, 2.45) is 5.92 Å². The van der Waals surface area contributed by atoms with Gasteiger partial charge in [0.2, 0.25) is 0 Å². The first-order valence-electron chi connectivity index (χ1n) is 5.30. The number of hydrogen-bond acceptors (Lipinski definition) is 2. The quantitative estimate of drug-likeness (QED) is 0.736. The van der Waals surface area contributed by atoms with Gasteiger partial charge >= 0.3 is 6.55 Å². The molecule has 0 spiro atoms. The minimum Gasteiger partial charge on any atom is -0.317 e. The fourth-order valence-corrected chi connectivity index (χ4v) is 1.66. The second-order valence-corrected chi connectivity index (χ2v) is 3.78. The van der Waals surface area contributed by atoms with Crippen molar-refractivity contribution in [1.82, 2.24) is 15.1 Å². The number of nitrogens with zero attached hydrogens (tertiary/aromatic N) is 2. The molecule has 3 nitrogen and oxygen atoms in total. The molecule has 0 atom stereocenters. The van der Waals surface area contributed by atoms with Crippen molar-refractivity contribution in [1.29, 1.82) is 0 Å². The topological polar surface area (TPSA) is 29.9 Å². The molecule has 1 fully saturated rings. The van der Waals surface area contributed by atoms with Crippen LogP contribution < -0.4 is 5.32 Å². The van der Waals surface area contributed by atoms with Gasteiger partial charge in [0.1, 0.15) is 0 Å². The first kappa shape index (κ1) is 11.1.